The van der Waals surface area contributed by atoms with Gasteiger partial charge in [-0.25, -0.2) is 9.97 Å². The molecule has 6 heterocycles. The van der Waals surface area contributed by atoms with Crippen LogP contribution in [-0.2, 0) is 0 Å². The quantitative estimate of drug-likeness (QED) is 0.185. The second kappa shape index (κ2) is 11.3. The summed E-state index contributed by atoms with van der Waals surface area (Å²) in [6.07, 6.45) is 13.9. The molecule has 9 heteroatoms. The standard InChI is InChI=1S/C36H23N7O2/c1-3-12-39-32(6-1)24-16-28(22-37-20-24)44-26-8-10-30-31-11-9-27(19-35(31)43(34(30)18-26)36-41-14-5-15-42-36)45-29-17-25(21-38-23-29)33-7-2-4-13-40-33/h1-23H. The van der Waals surface area contributed by atoms with E-state index in [2.05, 4.69) is 29.9 Å². The summed E-state index contributed by atoms with van der Waals surface area (Å²) in [5.74, 6) is 3.04. The van der Waals surface area contributed by atoms with Crippen LogP contribution in [0.5, 0.6) is 23.0 Å². The minimum Gasteiger partial charge on any atom is -0.456 e. The van der Waals surface area contributed by atoms with Gasteiger partial charge in [0.05, 0.1) is 34.8 Å². The number of benzene rings is 2. The molecule has 0 atom stereocenters. The molecular formula is C36H23N7O2. The fourth-order valence-corrected chi connectivity index (χ4v) is 5.30. The van der Waals surface area contributed by atoms with E-state index >= 15 is 0 Å². The molecule has 0 bridgehead atoms. The molecule has 214 valence electrons. The molecule has 0 unspecified atom stereocenters. The van der Waals surface area contributed by atoms with Gasteiger partial charge in [-0.3, -0.25) is 24.5 Å². The smallest absolute Gasteiger partial charge is 0.234 e. The van der Waals surface area contributed by atoms with Crippen molar-refractivity contribution in [1.29, 1.82) is 0 Å². The molecule has 0 saturated heterocycles. The minimum atomic E-state index is 0.532. The van der Waals surface area contributed by atoms with E-state index in [4.69, 9.17) is 9.47 Å². The lowest BCUT2D eigenvalue weighted by atomic mass is 10.1. The van der Waals surface area contributed by atoms with Gasteiger partial charge < -0.3 is 9.47 Å². The van der Waals surface area contributed by atoms with Gasteiger partial charge in [-0.15, -0.1) is 0 Å². The summed E-state index contributed by atoms with van der Waals surface area (Å²) in [5.41, 5.74) is 5.16. The number of aromatic nitrogens is 7. The number of nitrogens with zero attached hydrogens (tertiary/aromatic N) is 7. The molecule has 0 saturated carbocycles. The van der Waals surface area contributed by atoms with Gasteiger partial charge in [-0.05, 0) is 66.7 Å². The Balaban J connectivity index is 1.19. The lowest BCUT2D eigenvalue weighted by molar-refractivity contribution is 0.481. The topological polar surface area (TPSA) is 101 Å². The molecule has 2 aromatic carbocycles. The highest BCUT2D eigenvalue weighted by Crippen LogP contribution is 2.37. The van der Waals surface area contributed by atoms with Crippen molar-refractivity contribution >= 4 is 21.8 Å². The van der Waals surface area contributed by atoms with Crippen LogP contribution in [0.4, 0.5) is 0 Å². The lowest BCUT2D eigenvalue weighted by Gasteiger charge is -2.10. The molecule has 0 aliphatic rings. The third-order valence-corrected chi connectivity index (χ3v) is 7.28. The highest BCUT2D eigenvalue weighted by Gasteiger charge is 2.17. The summed E-state index contributed by atoms with van der Waals surface area (Å²) < 4.78 is 14.6. The largest absolute Gasteiger partial charge is 0.456 e. The van der Waals surface area contributed by atoms with E-state index in [0.29, 0.717) is 28.9 Å². The minimum absolute atomic E-state index is 0.532. The molecule has 8 aromatic rings. The lowest BCUT2D eigenvalue weighted by Crippen LogP contribution is -2.00. The summed E-state index contributed by atoms with van der Waals surface area (Å²) in [7, 11) is 0. The molecule has 8 rings (SSSR count). The first-order valence-electron chi connectivity index (χ1n) is 14.2. The summed E-state index contributed by atoms with van der Waals surface area (Å²) in [5, 5.41) is 2.05. The number of fused-ring (bicyclic) bond motifs is 3. The zero-order valence-electron chi connectivity index (χ0n) is 23.7. The number of hydrogen-bond acceptors (Lipinski definition) is 8. The first-order chi connectivity index (χ1) is 22.3. The van der Waals surface area contributed by atoms with Crippen molar-refractivity contribution < 1.29 is 9.47 Å². The fourth-order valence-electron chi connectivity index (χ4n) is 5.30. The van der Waals surface area contributed by atoms with Gasteiger partial charge in [-0.2, -0.15) is 0 Å². The Hall–Kier alpha value is -6.48. The van der Waals surface area contributed by atoms with Gasteiger partial charge in [0.15, 0.2) is 0 Å². The van der Waals surface area contributed by atoms with Crippen molar-refractivity contribution in [2.45, 2.75) is 0 Å². The molecule has 9 nitrogen and oxygen atoms in total. The Bertz CT molecular complexity index is 2130. The van der Waals surface area contributed by atoms with Crippen molar-refractivity contribution in [1.82, 2.24) is 34.5 Å². The maximum absolute atomic E-state index is 6.30. The third-order valence-electron chi connectivity index (χ3n) is 7.28. The van der Waals surface area contributed by atoms with Gasteiger partial charge in [0.25, 0.3) is 0 Å². The normalized spacial score (nSPS) is 11.1. The van der Waals surface area contributed by atoms with Crippen molar-refractivity contribution in [2.75, 3.05) is 0 Å². The van der Waals surface area contributed by atoms with E-state index in [1.165, 1.54) is 0 Å². The maximum Gasteiger partial charge on any atom is 0.234 e. The highest BCUT2D eigenvalue weighted by molar-refractivity contribution is 6.09. The van der Waals surface area contributed by atoms with Crippen LogP contribution in [-0.4, -0.2) is 34.5 Å². The average Bonchev–Trinajstić information content (AvgIpc) is 3.42. The van der Waals surface area contributed by atoms with Crippen molar-refractivity contribution in [3.8, 4) is 51.5 Å². The van der Waals surface area contributed by atoms with Crippen LogP contribution in [0.3, 0.4) is 0 Å². The Morgan fingerprint density at radius 3 is 1.44 bits per heavy atom. The van der Waals surface area contributed by atoms with Gasteiger partial charge in [0.2, 0.25) is 5.95 Å². The summed E-state index contributed by atoms with van der Waals surface area (Å²) in [6.45, 7) is 0. The van der Waals surface area contributed by atoms with Crippen LogP contribution < -0.4 is 9.47 Å². The van der Waals surface area contributed by atoms with Gasteiger partial charge in [0.1, 0.15) is 23.0 Å². The maximum atomic E-state index is 6.30. The molecule has 0 amide bonds. The molecule has 0 N–H and O–H groups in total. The van der Waals surface area contributed by atoms with Crippen molar-refractivity contribution in [3.05, 3.63) is 141 Å². The first kappa shape index (κ1) is 26.2. The molecular weight excluding hydrogens is 562 g/mol. The molecule has 0 radical (unpaired) electrons. The van der Waals surface area contributed by atoms with Crippen molar-refractivity contribution in [2.24, 2.45) is 0 Å². The summed E-state index contributed by atoms with van der Waals surface area (Å²) >= 11 is 0. The van der Waals surface area contributed by atoms with E-state index in [1.807, 2.05) is 89.5 Å². The van der Waals surface area contributed by atoms with Crippen LogP contribution in [0.25, 0.3) is 50.3 Å². The van der Waals surface area contributed by atoms with E-state index in [0.717, 1.165) is 44.3 Å². The predicted molar refractivity (Wildman–Crippen MR) is 171 cm³/mol. The van der Waals surface area contributed by atoms with E-state index in [9.17, 15) is 0 Å². The van der Waals surface area contributed by atoms with Crippen molar-refractivity contribution in [3.63, 3.8) is 0 Å². The third kappa shape index (κ3) is 5.19. The number of ether oxygens (including phenoxy) is 2. The molecule has 0 aliphatic heterocycles. The Labute approximate surface area is 257 Å². The van der Waals surface area contributed by atoms with Gasteiger partial charge in [-0.1, -0.05) is 12.1 Å². The van der Waals surface area contributed by atoms with E-state index in [-0.39, 0.29) is 0 Å². The fraction of sp³-hybridized carbons (Fsp3) is 0. The Kier molecular flexibility index (Phi) is 6.58. The number of rotatable bonds is 7. The number of hydrogen-bond donors (Lipinski definition) is 0. The zero-order valence-corrected chi connectivity index (χ0v) is 23.7. The van der Waals surface area contributed by atoms with Crippen LogP contribution in [0, 0.1) is 0 Å². The molecule has 6 aromatic heterocycles. The zero-order chi connectivity index (χ0) is 30.0. The Morgan fingerprint density at radius 1 is 0.444 bits per heavy atom. The molecule has 0 aliphatic carbocycles. The summed E-state index contributed by atoms with van der Waals surface area (Å²) in [6, 6.07) is 29.2. The predicted octanol–water partition coefficient (Wildman–Crippen LogP) is 8.07. The SMILES string of the molecule is c1ccc(-c2cncc(Oc3ccc4c5ccc(Oc6cncc(-c7ccccn7)c6)cc5n(-c5ncccn5)c4c3)c2)nc1. The van der Waals surface area contributed by atoms with Gasteiger partial charge in [0, 0.05) is 71.2 Å². The average molecular weight is 586 g/mol. The Morgan fingerprint density at radius 2 is 0.956 bits per heavy atom. The van der Waals surface area contributed by atoms with Gasteiger partial charge >= 0.3 is 0 Å². The number of pyridine rings is 4. The molecule has 45 heavy (non-hydrogen) atoms. The second-order valence-electron chi connectivity index (χ2n) is 10.2. The van der Waals surface area contributed by atoms with Crippen LogP contribution in [0.2, 0.25) is 0 Å². The highest BCUT2D eigenvalue weighted by atomic mass is 16.5. The summed E-state index contributed by atoms with van der Waals surface area (Å²) in [4.78, 5) is 26.8. The van der Waals surface area contributed by atoms with Crippen LogP contribution >= 0.6 is 0 Å². The van der Waals surface area contributed by atoms with Crippen LogP contribution in [0.15, 0.2) is 141 Å². The second-order valence-corrected chi connectivity index (χ2v) is 10.2. The monoisotopic (exact) mass is 585 g/mol. The molecule has 0 spiro atoms. The van der Waals surface area contributed by atoms with E-state index < -0.39 is 0 Å². The van der Waals surface area contributed by atoms with Crippen LogP contribution in [0.1, 0.15) is 0 Å². The van der Waals surface area contributed by atoms with E-state index in [1.54, 1.807) is 55.6 Å². The molecule has 0 fully saturated rings. The first-order valence-corrected chi connectivity index (χ1v) is 14.2.